The Balaban J connectivity index is 1.76. The molecule has 0 N–H and O–H groups in total. The van der Waals surface area contributed by atoms with E-state index < -0.39 is 0 Å². The maximum atomic E-state index is 12.3. The lowest BCUT2D eigenvalue weighted by Crippen LogP contribution is -2.37. The molecule has 0 amide bonds. The van der Waals surface area contributed by atoms with Crippen LogP contribution in [0.2, 0.25) is 0 Å². The fraction of sp³-hybridized carbons (Fsp3) is 0.353. The van der Waals surface area contributed by atoms with Crippen LogP contribution < -0.4 is 16.0 Å². The van der Waals surface area contributed by atoms with Crippen LogP contribution >= 0.6 is 0 Å². The molecule has 0 unspecified atom stereocenters. The van der Waals surface area contributed by atoms with Crippen LogP contribution in [0.15, 0.2) is 40.2 Å². The van der Waals surface area contributed by atoms with E-state index in [4.69, 9.17) is 4.74 Å². The first-order valence-corrected chi connectivity index (χ1v) is 7.80. The first-order chi connectivity index (χ1) is 11.5. The molecule has 126 valence electrons. The maximum absolute atomic E-state index is 12.3. The van der Waals surface area contributed by atoms with E-state index in [0.717, 1.165) is 22.3 Å². The van der Waals surface area contributed by atoms with Crippen molar-refractivity contribution >= 4 is 11.2 Å². The summed E-state index contributed by atoms with van der Waals surface area (Å²) in [4.78, 5) is 28.5. The number of para-hydroxylation sites is 1. The van der Waals surface area contributed by atoms with Crippen molar-refractivity contribution in [2.75, 3.05) is 6.61 Å². The van der Waals surface area contributed by atoms with Gasteiger partial charge in [0.05, 0.1) is 12.9 Å². The van der Waals surface area contributed by atoms with Crippen molar-refractivity contribution in [1.29, 1.82) is 0 Å². The zero-order valence-corrected chi connectivity index (χ0v) is 14.0. The third-order valence-corrected chi connectivity index (χ3v) is 4.11. The normalized spacial score (nSPS) is 11.1. The molecule has 0 radical (unpaired) electrons. The summed E-state index contributed by atoms with van der Waals surface area (Å²) in [5.41, 5.74) is 1.24. The molecular formula is C17H20N4O3. The highest BCUT2D eigenvalue weighted by molar-refractivity contribution is 5.69. The van der Waals surface area contributed by atoms with Crippen LogP contribution in [0.5, 0.6) is 5.75 Å². The van der Waals surface area contributed by atoms with Gasteiger partial charge in [0.1, 0.15) is 5.75 Å². The van der Waals surface area contributed by atoms with Crippen molar-refractivity contribution in [1.82, 2.24) is 18.7 Å². The summed E-state index contributed by atoms with van der Waals surface area (Å²) in [6, 6.07) is 7.85. The predicted molar refractivity (Wildman–Crippen MR) is 91.5 cm³/mol. The lowest BCUT2D eigenvalue weighted by molar-refractivity contribution is 0.300. The zero-order chi connectivity index (χ0) is 17.3. The third-order valence-electron chi connectivity index (χ3n) is 4.11. The summed E-state index contributed by atoms with van der Waals surface area (Å²) in [6.45, 7) is 3.13. The molecule has 0 spiro atoms. The lowest BCUT2D eigenvalue weighted by atomic mass is 10.2. The summed E-state index contributed by atoms with van der Waals surface area (Å²) in [5.74, 6) is 0.867. The number of rotatable bonds is 5. The number of hydrogen-bond donors (Lipinski definition) is 0. The van der Waals surface area contributed by atoms with Crippen molar-refractivity contribution in [2.24, 2.45) is 14.1 Å². The van der Waals surface area contributed by atoms with Crippen LogP contribution in [-0.2, 0) is 20.6 Å². The molecule has 2 aromatic heterocycles. The fourth-order valence-electron chi connectivity index (χ4n) is 2.70. The van der Waals surface area contributed by atoms with Crippen molar-refractivity contribution in [2.45, 2.75) is 19.9 Å². The molecule has 0 saturated heterocycles. The van der Waals surface area contributed by atoms with E-state index in [1.54, 1.807) is 17.9 Å². The number of ether oxygens (including phenoxy) is 1. The van der Waals surface area contributed by atoms with E-state index in [2.05, 4.69) is 4.98 Å². The zero-order valence-electron chi connectivity index (χ0n) is 14.0. The van der Waals surface area contributed by atoms with Gasteiger partial charge in [-0.3, -0.25) is 13.9 Å². The van der Waals surface area contributed by atoms with E-state index >= 15 is 0 Å². The Labute approximate surface area is 138 Å². The summed E-state index contributed by atoms with van der Waals surface area (Å²) in [5, 5.41) is 0. The summed E-state index contributed by atoms with van der Waals surface area (Å²) >= 11 is 0. The van der Waals surface area contributed by atoms with Gasteiger partial charge >= 0.3 is 5.69 Å². The summed E-state index contributed by atoms with van der Waals surface area (Å²) in [6.07, 6.45) is 2.32. The Morgan fingerprint density at radius 2 is 1.88 bits per heavy atom. The quantitative estimate of drug-likeness (QED) is 0.660. The second-order valence-electron chi connectivity index (χ2n) is 5.78. The number of aromatic nitrogens is 4. The number of fused-ring (bicyclic) bond motifs is 1. The van der Waals surface area contributed by atoms with Crippen LogP contribution in [0.3, 0.4) is 0 Å². The smallest absolute Gasteiger partial charge is 0.332 e. The maximum Gasteiger partial charge on any atom is 0.332 e. The minimum atomic E-state index is -0.374. The lowest BCUT2D eigenvalue weighted by Gasteiger charge is -2.09. The number of hydrogen-bond acceptors (Lipinski definition) is 4. The van der Waals surface area contributed by atoms with Gasteiger partial charge in [0.25, 0.3) is 5.56 Å². The van der Waals surface area contributed by atoms with Crippen LogP contribution in [0.25, 0.3) is 11.2 Å². The molecule has 0 bridgehead atoms. The highest BCUT2D eigenvalue weighted by Gasteiger charge is 2.13. The minimum Gasteiger partial charge on any atom is -0.493 e. The third kappa shape index (κ3) is 2.73. The van der Waals surface area contributed by atoms with Crippen LogP contribution in [0.4, 0.5) is 0 Å². The molecule has 0 aliphatic carbocycles. The largest absolute Gasteiger partial charge is 0.493 e. The first-order valence-electron chi connectivity index (χ1n) is 7.80. The van der Waals surface area contributed by atoms with E-state index in [9.17, 15) is 9.59 Å². The molecule has 7 heteroatoms. The molecule has 1 aromatic carbocycles. The predicted octanol–water partition coefficient (Wildman–Crippen LogP) is 1.21. The molecule has 0 fully saturated rings. The monoisotopic (exact) mass is 328 g/mol. The van der Waals surface area contributed by atoms with Crippen molar-refractivity contribution in [3.63, 3.8) is 0 Å². The topological polar surface area (TPSA) is 71.1 Å². The van der Waals surface area contributed by atoms with Crippen molar-refractivity contribution < 1.29 is 4.74 Å². The number of nitrogens with zero attached hydrogens (tertiary/aromatic N) is 4. The van der Waals surface area contributed by atoms with Crippen LogP contribution in [0, 0.1) is 6.92 Å². The molecule has 0 saturated carbocycles. The van der Waals surface area contributed by atoms with Crippen molar-refractivity contribution in [3.8, 4) is 5.75 Å². The molecule has 0 atom stereocenters. The second kappa shape index (κ2) is 6.35. The van der Waals surface area contributed by atoms with Gasteiger partial charge in [0.2, 0.25) is 0 Å². The van der Waals surface area contributed by atoms with Gasteiger partial charge in [-0.1, -0.05) is 18.2 Å². The average Bonchev–Trinajstić information content (AvgIpc) is 3.00. The Bertz CT molecular complexity index is 997. The van der Waals surface area contributed by atoms with Crippen LogP contribution in [0.1, 0.15) is 12.0 Å². The van der Waals surface area contributed by atoms with E-state index in [1.807, 2.05) is 31.2 Å². The van der Waals surface area contributed by atoms with Gasteiger partial charge in [-0.05, 0) is 25.0 Å². The van der Waals surface area contributed by atoms with Gasteiger partial charge < -0.3 is 9.30 Å². The molecular weight excluding hydrogens is 308 g/mol. The molecule has 2 heterocycles. The summed E-state index contributed by atoms with van der Waals surface area (Å²) < 4.78 is 10.0. The number of aryl methyl sites for hydroxylation is 3. The second-order valence-corrected chi connectivity index (χ2v) is 5.78. The number of imidazole rings is 1. The van der Waals surface area contributed by atoms with Gasteiger partial charge in [0, 0.05) is 20.6 Å². The molecule has 3 aromatic rings. The molecule has 0 aliphatic rings. The first kappa shape index (κ1) is 16.0. The summed E-state index contributed by atoms with van der Waals surface area (Å²) in [7, 11) is 3.09. The Kier molecular flexibility index (Phi) is 4.24. The van der Waals surface area contributed by atoms with E-state index in [-0.39, 0.29) is 11.2 Å². The fourth-order valence-corrected chi connectivity index (χ4v) is 2.70. The highest BCUT2D eigenvalue weighted by Crippen LogP contribution is 2.16. The molecule has 0 aliphatic heterocycles. The SMILES string of the molecule is Cc1ccccc1OCCCn1cnc2c1c(=O)n(C)c(=O)n2C. The van der Waals surface area contributed by atoms with Gasteiger partial charge in [-0.15, -0.1) is 0 Å². The van der Waals surface area contributed by atoms with E-state index in [1.165, 1.54) is 11.6 Å². The molecule has 3 rings (SSSR count). The Morgan fingerprint density at radius 1 is 1.12 bits per heavy atom. The van der Waals surface area contributed by atoms with E-state index in [0.29, 0.717) is 24.3 Å². The standard InChI is InChI=1S/C17H20N4O3/c1-12-7-4-5-8-13(12)24-10-6-9-21-11-18-15-14(21)16(22)20(3)17(23)19(15)2/h4-5,7-8,11H,6,9-10H2,1-3H3. The minimum absolute atomic E-state index is 0.328. The van der Waals surface area contributed by atoms with Gasteiger partial charge in [-0.2, -0.15) is 0 Å². The van der Waals surface area contributed by atoms with Crippen LogP contribution in [-0.4, -0.2) is 25.3 Å². The Morgan fingerprint density at radius 3 is 2.62 bits per heavy atom. The van der Waals surface area contributed by atoms with Gasteiger partial charge in [-0.25, -0.2) is 9.78 Å². The molecule has 7 nitrogen and oxygen atoms in total. The van der Waals surface area contributed by atoms with Crippen molar-refractivity contribution in [3.05, 3.63) is 57.0 Å². The molecule has 24 heavy (non-hydrogen) atoms. The highest BCUT2D eigenvalue weighted by atomic mass is 16.5. The van der Waals surface area contributed by atoms with Gasteiger partial charge in [0.15, 0.2) is 11.2 Å². The number of benzene rings is 1. The Hall–Kier alpha value is -2.83. The average molecular weight is 328 g/mol.